The zero-order valence-electron chi connectivity index (χ0n) is 11.4. The Kier molecular flexibility index (Phi) is 4.79. The van der Waals surface area contributed by atoms with Crippen LogP contribution in [0.2, 0.25) is 0 Å². The molecule has 0 spiro atoms. The van der Waals surface area contributed by atoms with Gasteiger partial charge < -0.3 is 20.7 Å². The van der Waals surface area contributed by atoms with Gasteiger partial charge >= 0.3 is 0 Å². The SMILES string of the molecule is Nc1ccc(=O)n(CC(=O)NCC2CCCCC2O)c1. The number of amides is 1. The Hall–Kier alpha value is -1.82. The molecule has 1 saturated carbocycles. The summed E-state index contributed by atoms with van der Waals surface area (Å²) in [6.45, 7) is 0.407. The quantitative estimate of drug-likeness (QED) is 0.728. The number of anilines is 1. The number of aromatic nitrogens is 1. The van der Waals surface area contributed by atoms with Crippen LogP contribution in [-0.2, 0) is 11.3 Å². The maximum absolute atomic E-state index is 11.8. The summed E-state index contributed by atoms with van der Waals surface area (Å²) in [6.07, 6.45) is 4.99. The molecule has 0 aliphatic heterocycles. The lowest BCUT2D eigenvalue weighted by molar-refractivity contribution is -0.122. The van der Waals surface area contributed by atoms with Gasteiger partial charge in [-0.1, -0.05) is 12.8 Å². The van der Waals surface area contributed by atoms with Crippen LogP contribution in [0, 0.1) is 5.92 Å². The van der Waals surface area contributed by atoms with Crippen LogP contribution < -0.4 is 16.6 Å². The summed E-state index contributed by atoms with van der Waals surface area (Å²) in [6, 6.07) is 2.85. The molecule has 2 unspecified atom stereocenters. The van der Waals surface area contributed by atoms with Crippen LogP contribution in [0.4, 0.5) is 5.69 Å². The second-order valence-electron chi connectivity index (χ2n) is 5.34. The highest BCUT2D eigenvalue weighted by molar-refractivity contribution is 5.75. The predicted octanol–water partition coefficient (Wildman–Crippen LogP) is 0.0978. The first kappa shape index (κ1) is 14.6. The topological polar surface area (TPSA) is 97.4 Å². The Bertz CT molecular complexity index is 527. The van der Waals surface area contributed by atoms with Gasteiger partial charge in [0, 0.05) is 30.4 Å². The summed E-state index contributed by atoms with van der Waals surface area (Å²) in [7, 11) is 0. The number of hydrogen-bond donors (Lipinski definition) is 3. The summed E-state index contributed by atoms with van der Waals surface area (Å²) < 4.78 is 1.28. The van der Waals surface area contributed by atoms with Gasteiger partial charge in [-0.2, -0.15) is 0 Å². The van der Waals surface area contributed by atoms with Gasteiger partial charge in [0.2, 0.25) is 5.91 Å². The molecule has 1 amide bonds. The Morgan fingerprint density at radius 1 is 1.40 bits per heavy atom. The average molecular weight is 279 g/mol. The highest BCUT2D eigenvalue weighted by Crippen LogP contribution is 2.23. The molecule has 1 aliphatic rings. The van der Waals surface area contributed by atoms with E-state index in [1.54, 1.807) is 0 Å². The van der Waals surface area contributed by atoms with Crippen molar-refractivity contribution >= 4 is 11.6 Å². The van der Waals surface area contributed by atoms with Gasteiger partial charge in [-0.15, -0.1) is 0 Å². The average Bonchev–Trinajstić information content (AvgIpc) is 2.42. The van der Waals surface area contributed by atoms with E-state index in [2.05, 4.69) is 5.32 Å². The molecule has 0 bridgehead atoms. The second kappa shape index (κ2) is 6.56. The van der Waals surface area contributed by atoms with E-state index in [-0.39, 0.29) is 30.0 Å². The number of pyridine rings is 1. The number of nitrogen functional groups attached to an aromatic ring is 1. The molecule has 1 aromatic heterocycles. The zero-order chi connectivity index (χ0) is 14.5. The molecule has 1 fully saturated rings. The molecule has 2 atom stereocenters. The molecule has 1 aliphatic carbocycles. The Labute approximate surface area is 117 Å². The van der Waals surface area contributed by atoms with Crippen LogP contribution in [-0.4, -0.2) is 28.2 Å². The largest absolute Gasteiger partial charge is 0.398 e. The Morgan fingerprint density at radius 2 is 2.15 bits per heavy atom. The second-order valence-corrected chi connectivity index (χ2v) is 5.34. The highest BCUT2D eigenvalue weighted by Gasteiger charge is 2.23. The third kappa shape index (κ3) is 3.84. The Balaban J connectivity index is 1.86. The molecule has 110 valence electrons. The summed E-state index contributed by atoms with van der Waals surface area (Å²) in [4.78, 5) is 23.4. The maximum Gasteiger partial charge on any atom is 0.251 e. The smallest absolute Gasteiger partial charge is 0.251 e. The van der Waals surface area contributed by atoms with Crippen molar-refractivity contribution in [3.63, 3.8) is 0 Å². The monoisotopic (exact) mass is 279 g/mol. The van der Waals surface area contributed by atoms with E-state index in [4.69, 9.17) is 5.73 Å². The van der Waals surface area contributed by atoms with Crippen LogP contribution in [0.1, 0.15) is 25.7 Å². The number of aliphatic hydroxyl groups is 1. The number of rotatable bonds is 4. The van der Waals surface area contributed by atoms with Crippen molar-refractivity contribution < 1.29 is 9.90 Å². The molecule has 0 aromatic carbocycles. The molecule has 2 rings (SSSR count). The van der Waals surface area contributed by atoms with Gasteiger partial charge in [0.15, 0.2) is 0 Å². The lowest BCUT2D eigenvalue weighted by Crippen LogP contribution is -2.39. The van der Waals surface area contributed by atoms with Crippen LogP contribution in [0.3, 0.4) is 0 Å². The fourth-order valence-electron chi connectivity index (χ4n) is 2.56. The third-order valence-electron chi connectivity index (χ3n) is 3.75. The standard InChI is InChI=1S/C14H21N3O3/c15-11-5-6-14(20)17(8-11)9-13(19)16-7-10-3-1-2-4-12(10)18/h5-6,8,10,12,18H,1-4,7,9,15H2,(H,16,19). The summed E-state index contributed by atoms with van der Waals surface area (Å²) in [5.74, 6) is -0.124. The maximum atomic E-state index is 11.8. The van der Waals surface area contributed by atoms with Crippen molar-refractivity contribution in [2.75, 3.05) is 12.3 Å². The lowest BCUT2D eigenvalue weighted by Gasteiger charge is -2.27. The van der Waals surface area contributed by atoms with Crippen LogP contribution in [0.25, 0.3) is 0 Å². The summed E-state index contributed by atoms with van der Waals surface area (Å²) >= 11 is 0. The molecule has 0 saturated heterocycles. The van der Waals surface area contributed by atoms with Gasteiger partial charge in [-0.05, 0) is 18.9 Å². The minimum atomic E-state index is -0.334. The molecule has 4 N–H and O–H groups in total. The normalized spacial score (nSPS) is 22.4. The van der Waals surface area contributed by atoms with Crippen LogP contribution in [0.15, 0.2) is 23.1 Å². The minimum Gasteiger partial charge on any atom is -0.398 e. The summed E-state index contributed by atoms with van der Waals surface area (Å²) in [5.41, 5.74) is 5.77. The number of carbonyl (C=O) groups excluding carboxylic acids is 1. The molecule has 0 radical (unpaired) electrons. The van der Waals surface area contributed by atoms with E-state index in [1.165, 1.54) is 22.9 Å². The number of aliphatic hydroxyl groups excluding tert-OH is 1. The van der Waals surface area contributed by atoms with E-state index in [0.29, 0.717) is 12.2 Å². The van der Waals surface area contributed by atoms with Gasteiger partial charge in [-0.3, -0.25) is 9.59 Å². The predicted molar refractivity (Wildman–Crippen MR) is 76.1 cm³/mol. The number of hydrogen-bond acceptors (Lipinski definition) is 4. The van der Waals surface area contributed by atoms with E-state index in [9.17, 15) is 14.7 Å². The van der Waals surface area contributed by atoms with E-state index < -0.39 is 0 Å². The Morgan fingerprint density at radius 3 is 2.90 bits per heavy atom. The van der Waals surface area contributed by atoms with E-state index in [1.807, 2.05) is 0 Å². The molecule has 6 nitrogen and oxygen atoms in total. The van der Waals surface area contributed by atoms with Crippen molar-refractivity contribution in [3.8, 4) is 0 Å². The molecule has 20 heavy (non-hydrogen) atoms. The number of carbonyl (C=O) groups is 1. The van der Waals surface area contributed by atoms with Gasteiger partial charge in [0.25, 0.3) is 5.56 Å². The van der Waals surface area contributed by atoms with E-state index in [0.717, 1.165) is 25.7 Å². The van der Waals surface area contributed by atoms with Crippen molar-refractivity contribution in [1.82, 2.24) is 9.88 Å². The highest BCUT2D eigenvalue weighted by atomic mass is 16.3. The van der Waals surface area contributed by atoms with Crippen molar-refractivity contribution in [3.05, 3.63) is 28.7 Å². The van der Waals surface area contributed by atoms with Gasteiger partial charge in [0.1, 0.15) is 6.54 Å². The zero-order valence-corrected chi connectivity index (χ0v) is 11.4. The molecule has 1 aromatic rings. The van der Waals surface area contributed by atoms with Gasteiger partial charge in [-0.25, -0.2) is 0 Å². The number of nitrogens with zero attached hydrogens (tertiary/aromatic N) is 1. The summed E-state index contributed by atoms with van der Waals surface area (Å²) in [5, 5.41) is 12.6. The van der Waals surface area contributed by atoms with Gasteiger partial charge in [0.05, 0.1) is 6.10 Å². The molecule has 6 heteroatoms. The van der Waals surface area contributed by atoms with Crippen LogP contribution >= 0.6 is 0 Å². The molecular weight excluding hydrogens is 258 g/mol. The van der Waals surface area contributed by atoms with E-state index >= 15 is 0 Å². The van der Waals surface area contributed by atoms with Crippen molar-refractivity contribution in [2.24, 2.45) is 5.92 Å². The first-order valence-corrected chi connectivity index (χ1v) is 6.97. The van der Waals surface area contributed by atoms with Crippen molar-refractivity contribution in [2.45, 2.75) is 38.3 Å². The first-order chi connectivity index (χ1) is 9.56. The first-order valence-electron chi connectivity index (χ1n) is 6.97. The lowest BCUT2D eigenvalue weighted by atomic mass is 9.86. The van der Waals surface area contributed by atoms with Crippen LogP contribution in [0.5, 0.6) is 0 Å². The number of nitrogens with two attached hydrogens (primary N) is 1. The molecular formula is C14H21N3O3. The molecule has 1 heterocycles. The van der Waals surface area contributed by atoms with Crippen molar-refractivity contribution in [1.29, 1.82) is 0 Å². The minimum absolute atomic E-state index is 0.0489. The fraction of sp³-hybridized carbons (Fsp3) is 0.571. The third-order valence-corrected chi connectivity index (χ3v) is 3.75. The fourth-order valence-corrected chi connectivity index (χ4v) is 2.56. The number of nitrogens with one attached hydrogen (secondary N) is 1.